The Kier molecular flexibility index (Phi) is 4.90. The van der Waals surface area contributed by atoms with Crippen LogP contribution in [0.25, 0.3) is 11.3 Å². The normalized spacial score (nSPS) is 11.6. The molecule has 0 amide bonds. The number of benzene rings is 2. The van der Waals surface area contributed by atoms with Gasteiger partial charge in [0, 0.05) is 22.9 Å². The minimum absolute atomic E-state index is 0.110. The average molecular weight is 388 g/mol. The summed E-state index contributed by atoms with van der Waals surface area (Å²) in [5.41, 5.74) is -0.700. The molecule has 0 unspecified atom stereocenters. The van der Waals surface area contributed by atoms with Crippen LogP contribution in [0.1, 0.15) is 5.56 Å². The summed E-state index contributed by atoms with van der Waals surface area (Å²) in [6.07, 6.45) is -3.41. The second-order valence-corrected chi connectivity index (χ2v) is 6.15. The third-order valence-electron chi connectivity index (χ3n) is 3.45. The van der Waals surface area contributed by atoms with Crippen LogP contribution >= 0.6 is 11.9 Å². The van der Waals surface area contributed by atoms with Crippen molar-refractivity contribution in [2.75, 3.05) is 4.72 Å². The lowest BCUT2D eigenvalue weighted by molar-refractivity contribution is -0.140. The lowest BCUT2D eigenvalue weighted by Gasteiger charge is -2.11. The van der Waals surface area contributed by atoms with Crippen LogP contribution in [0.5, 0.6) is 0 Å². The first-order valence-electron chi connectivity index (χ1n) is 7.17. The predicted molar refractivity (Wildman–Crippen MR) is 87.0 cm³/mol. The summed E-state index contributed by atoms with van der Waals surface area (Å²) in [5, 5.41) is 0. The van der Waals surface area contributed by atoms with E-state index in [-0.39, 0.29) is 11.9 Å². The van der Waals surface area contributed by atoms with Gasteiger partial charge in [-0.2, -0.15) is 13.2 Å². The van der Waals surface area contributed by atoms with Crippen molar-refractivity contribution in [3.05, 3.63) is 71.7 Å². The fourth-order valence-electron chi connectivity index (χ4n) is 2.19. The number of aromatic nitrogens is 1. The molecule has 0 saturated heterocycles. The van der Waals surface area contributed by atoms with E-state index in [9.17, 15) is 26.3 Å². The Bertz CT molecular complexity index is 918. The smallest absolute Gasteiger partial charge is 0.360 e. The van der Waals surface area contributed by atoms with E-state index in [0.717, 1.165) is 11.9 Å². The summed E-state index contributed by atoms with van der Waals surface area (Å²) in [6, 6.07) is 7.95. The molecular weight excluding hydrogens is 378 g/mol. The van der Waals surface area contributed by atoms with Crippen LogP contribution in [0.2, 0.25) is 0 Å². The minimum Gasteiger partial charge on any atom is -0.360 e. The lowest BCUT2D eigenvalue weighted by atomic mass is 10.1. The summed E-state index contributed by atoms with van der Waals surface area (Å²) in [4.78, 5) is 3.51. The summed E-state index contributed by atoms with van der Waals surface area (Å²) in [7, 11) is 0. The number of anilines is 1. The minimum atomic E-state index is -4.97. The van der Waals surface area contributed by atoms with Crippen LogP contribution in [0.3, 0.4) is 0 Å². The Morgan fingerprint density at radius 2 is 1.58 bits per heavy atom. The monoisotopic (exact) mass is 388 g/mol. The molecule has 0 bridgehead atoms. The summed E-state index contributed by atoms with van der Waals surface area (Å²) >= 11 is 0.885. The van der Waals surface area contributed by atoms with E-state index in [0.29, 0.717) is 22.2 Å². The van der Waals surface area contributed by atoms with E-state index in [1.165, 1.54) is 12.1 Å². The fraction of sp³-hybridized carbons (Fsp3) is 0.0588. The number of nitrogens with one attached hydrogen (secondary N) is 2. The molecule has 0 aliphatic rings. The molecule has 2 N–H and O–H groups in total. The van der Waals surface area contributed by atoms with Gasteiger partial charge in [-0.15, -0.1) is 0 Å². The zero-order valence-electron chi connectivity index (χ0n) is 12.8. The average Bonchev–Trinajstić information content (AvgIpc) is 3.04. The van der Waals surface area contributed by atoms with Crippen molar-refractivity contribution in [3.63, 3.8) is 0 Å². The van der Waals surface area contributed by atoms with Gasteiger partial charge in [0.15, 0.2) is 0 Å². The first-order valence-corrected chi connectivity index (χ1v) is 7.99. The van der Waals surface area contributed by atoms with Crippen molar-refractivity contribution in [1.29, 1.82) is 0 Å². The molecule has 0 aliphatic carbocycles. The van der Waals surface area contributed by atoms with Crippen LogP contribution in [0, 0.1) is 17.5 Å². The molecule has 3 aromatic rings. The summed E-state index contributed by atoms with van der Waals surface area (Å²) < 4.78 is 80.3. The number of halogens is 6. The Morgan fingerprint density at radius 1 is 0.885 bits per heavy atom. The molecule has 0 fully saturated rings. The number of hydrogen-bond donors (Lipinski definition) is 2. The van der Waals surface area contributed by atoms with Crippen molar-refractivity contribution in [2.45, 2.75) is 11.1 Å². The molecular formula is C17H10F6N2S. The largest absolute Gasteiger partial charge is 0.419 e. The van der Waals surface area contributed by atoms with E-state index in [1.54, 1.807) is 24.4 Å². The van der Waals surface area contributed by atoms with Gasteiger partial charge in [0.2, 0.25) is 0 Å². The summed E-state index contributed by atoms with van der Waals surface area (Å²) in [6.45, 7) is 0. The van der Waals surface area contributed by atoms with Crippen molar-refractivity contribution >= 4 is 17.6 Å². The van der Waals surface area contributed by atoms with Crippen LogP contribution in [0.15, 0.2) is 53.6 Å². The van der Waals surface area contributed by atoms with Crippen molar-refractivity contribution < 1.29 is 26.3 Å². The number of hydrogen-bond acceptors (Lipinski definition) is 2. The molecule has 1 heterocycles. The van der Waals surface area contributed by atoms with Crippen molar-refractivity contribution in [2.24, 2.45) is 0 Å². The zero-order chi connectivity index (χ0) is 18.9. The van der Waals surface area contributed by atoms with Gasteiger partial charge in [0.05, 0.1) is 11.3 Å². The molecule has 0 atom stereocenters. The Hall–Kier alpha value is -2.55. The number of rotatable bonds is 4. The second kappa shape index (κ2) is 6.99. The first kappa shape index (κ1) is 18.2. The SMILES string of the molecule is Fc1ccc(-c2cc(SNc3cc(F)c(C(F)(F)F)cc3F)c[nH]2)cc1. The van der Waals surface area contributed by atoms with Gasteiger partial charge < -0.3 is 9.71 Å². The highest BCUT2D eigenvalue weighted by Gasteiger charge is 2.35. The molecule has 0 spiro atoms. The Labute approximate surface area is 148 Å². The maximum atomic E-state index is 13.8. The third kappa shape index (κ3) is 3.98. The first-order chi connectivity index (χ1) is 12.2. The van der Waals surface area contributed by atoms with Crippen LogP contribution in [-0.4, -0.2) is 4.98 Å². The Morgan fingerprint density at radius 3 is 2.23 bits per heavy atom. The molecule has 2 aromatic carbocycles. The topological polar surface area (TPSA) is 27.8 Å². The van der Waals surface area contributed by atoms with Gasteiger partial charge >= 0.3 is 6.18 Å². The highest BCUT2D eigenvalue weighted by Crippen LogP contribution is 2.35. The number of H-pyrrole nitrogens is 1. The molecule has 1 aromatic heterocycles. The quantitative estimate of drug-likeness (QED) is 0.409. The van der Waals surface area contributed by atoms with Gasteiger partial charge in [-0.1, -0.05) is 0 Å². The van der Waals surface area contributed by atoms with Crippen molar-refractivity contribution in [3.8, 4) is 11.3 Å². The van der Waals surface area contributed by atoms with Gasteiger partial charge in [-0.05, 0) is 53.9 Å². The molecule has 0 radical (unpaired) electrons. The maximum absolute atomic E-state index is 13.8. The number of aromatic amines is 1. The molecule has 2 nitrogen and oxygen atoms in total. The third-order valence-corrected chi connectivity index (χ3v) is 4.25. The van der Waals surface area contributed by atoms with E-state index < -0.39 is 29.1 Å². The predicted octanol–water partition coefficient (Wildman–Crippen LogP) is 6.24. The van der Waals surface area contributed by atoms with E-state index >= 15 is 0 Å². The zero-order valence-corrected chi connectivity index (χ0v) is 13.6. The van der Waals surface area contributed by atoms with Gasteiger partial charge in [-0.3, -0.25) is 0 Å². The molecule has 3 rings (SSSR count). The van der Waals surface area contributed by atoms with Gasteiger partial charge in [0.1, 0.15) is 17.5 Å². The van der Waals surface area contributed by atoms with Gasteiger partial charge in [0.25, 0.3) is 0 Å². The van der Waals surface area contributed by atoms with E-state index in [2.05, 4.69) is 9.71 Å². The fourth-order valence-corrected chi connectivity index (χ4v) is 2.86. The maximum Gasteiger partial charge on any atom is 0.419 e. The Balaban J connectivity index is 1.74. The lowest BCUT2D eigenvalue weighted by Crippen LogP contribution is -2.09. The van der Waals surface area contributed by atoms with Gasteiger partial charge in [-0.25, -0.2) is 13.2 Å². The molecule has 136 valence electrons. The van der Waals surface area contributed by atoms with Crippen LogP contribution in [0.4, 0.5) is 32.0 Å². The highest BCUT2D eigenvalue weighted by atomic mass is 32.2. The van der Waals surface area contributed by atoms with E-state index in [1.807, 2.05) is 0 Å². The highest BCUT2D eigenvalue weighted by molar-refractivity contribution is 8.00. The van der Waals surface area contributed by atoms with Crippen LogP contribution < -0.4 is 4.72 Å². The van der Waals surface area contributed by atoms with E-state index in [4.69, 9.17) is 0 Å². The molecule has 0 saturated carbocycles. The molecule has 9 heteroatoms. The summed E-state index contributed by atoms with van der Waals surface area (Å²) in [5.74, 6) is -3.17. The number of alkyl halides is 3. The van der Waals surface area contributed by atoms with Crippen LogP contribution in [-0.2, 0) is 6.18 Å². The standard InChI is InChI=1S/C17H10F6N2S/c18-10-3-1-9(2-4-10)15-5-11(8-24-15)26-25-16-7-13(19)12(6-14(16)20)17(21,22)23/h1-8,24-25H. The molecule has 0 aliphatic heterocycles. The van der Waals surface area contributed by atoms with Crippen molar-refractivity contribution in [1.82, 2.24) is 4.98 Å². The second-order valence-electron chi connectivity index (χ2n) is 5.27. The molecule has 26 heavy (non-hydrogen) atoms.